The molecule has 0 aliphatic carbocycles. The molecule has 576 valence electrons. The van der Waals surface area contributed by atoms with E-state index in [0.717, 1.165) is 50.3 Å². The molecule has 0 aliphatic rings. The van der Waals surface area contributed by atoms with Gasteiger partial charge in [-0.25, -0.2) is 30.1 Å². The highest BCUT2D eigenvalue weighted by Crippen LogP contribution is 2.27. The molecule has 4 amide bonds. The van der Waals surface area contributed by atoms with Crippen LogP contribution in [0.2, 0.25) is 25.1 Å². The van der Waals surface area contributed by atoms with E-state index in [0.29, 0.717) is 45.9 Å². The van der Waals surface area contributed by atoms with Crippen LogP contribution in [0.4, 0.5) is 0 Å². The second-order valence-corrected chi connectivity index (χ2v) is 27.9. The van der Waals surface area contributed by atoms with Crippen LogP contribution in [0.15, 0.2) is 304 Å². The molecule has 12 aromatic rings. The third-order valence-electron chi connectivity index (χ3n) is 15.5. The highest BCUT2D eigenvalue weighted by atomic mass is 35.5. The number of amides is 4. The number of phenolic OH excluding ortho intramolecular Hbond substituents is 4. The Bertz CT molecular complexity index is 5980. The number of nitrogens with zero attached hydrogens (tertiary/aromatic N) is 4. The van der Waals surface area contributed by atoms with E-state index in [1.54, 1.807) is 54.7 Å². The fourth-order valence-electron chi connectivity index (χ4n) is 9.32. The minimum absolute atomic E-state index is 0.0673. The number of phenols is 4. The molecule has 8 N–H and O–H groups in total. The largest absolute Gasteiger partial charge is 0.506 e. The van der Waals surface area contributed by atoms with Gasteiger partial charge >= 0.3 is 0 Å². The molecule has 0 fully saturated rings. The summed E-state index contributed by atoms with van der Waals surface area (Å²) in [6.07, 6.45) is 6.73. The molecule has 0 radical (unpaired) electrons. The van der Waals surface area contributed by atoms with Crippen LogP contribution >= 0.6 is 58.0 Å². The summed E-state index contributed by atoms with van der Waals surface area (Å²) in [6.45, 7) is 2.18. The van der Waals surface area contributed by atoms with Crippen LogP contribution in [0.1, 0.15) is 103 Å². The minimum atomic E-state index is -3.70. The first-order valence-corrected chi connectivity index (χ1v) is 37.9. The number of sulfone groups is 1. The standard InChI is InChI=1S/C23H17ClN2O4S.C23H17ClN2O3.C23H17ClN2O2.C22H14Cl2N2O2/c1-16-2-9-20(10-3-16)31(29,30)13-12-17-4-6-18(7-5-17)15-25-26-23(28)19-8-11-22(27)21(24)14-19;24-21-15-19(12-13-22(21)27)23(28)26-25-16-18-10-8-17(9-11-18)5-4-14-29-20-6-2-1-3-7-20;24-21-15-20(13-14-22(21)27)23(28)26-25-16-19-11-9-18(10-12-19)8-4-7-17-5-2-1-3-6-17;23-19-10-7-16(8-11-19)2-1-15-3-5-17(6-4-15)14-25-26-22(28)18-9-12-21(27)20(24)13-18/h2-11,14-15,27H,1H3,(H,26,28);1-3,6-13,15-16,27H,14H2,(H,26,28);1-3,5-6,9-16,27H,7H2,(H,26,28);3-14,27H,(H,26,28)/b25-15+;2*25-16+;25-14+. The predicted molar refractivity (Wildman–Crippen MR) is 457 cm³/mol. The normalized spacial score (nSPS) is 10.5. The second kappa shape index (κ2) is 44.2. The average Bonchev–Trinajstić information content (AvgIpc) is 0.908. The van der Waals surface area contributed by atoms with Crippen LogP contribution < -0.4 is 26.4 Å². The van der Waals surface area contributed by atoms with Crippen LogP contribution in [-0.2, 0) is 16.3 Å². The third-order valence-corrected chi connectivity index (χ3v) is 18.2. The first kappa shape index (κ1) is 85.8. The van der Waals surface area contributed by atoms with Gasteiger partial charge < -0.3 is 25.2 Å². The van der Waals surface area contributed by atoms with E-state index >= 15 is 0 Å². The monoisotopic (exact) mass is 1650 g/mol. The van der Waals surface area contributed by atoms with Gasteiger partial charge in [-0.15, -0.1) is 0 Å². The van der Waals surface area contributed by atoms with Gasteiger partial charge in [0.25, 0.3) is 23.6 Å². The average molecular weight is 1660 g/mol. The quantitative estimate of drug-likeness (QED) is 0.0256. The first-order chi connectivity index (χ1) is 56.0. The van der Waals surface area contributed by atoms with Crippen molar-refractivity contribution in [3.8, 4) is 75.4 Å². The summed E-state index contributed by atoms with van der Waals surface area (Å²) in [5.41, 5.74) is 20.1. The molecule has 12 rings (SSSR count). The number of carbonyl (C=O) groups excluding carboxylic acids is 4. The Kier molecular flexibility index (Phi) is 32.7. The van der Waals surface area contributed by atoms with E-state index in [2.05, 4.69) is 101 Å². The number of aromatic hydroxyl groups is 4. The van der Waals surface area contributed by atoms with Crippen LogP contribution in [0.5, 0.6) is 28.7 Å². The van der Waals surface area contributed by atoms with Gasteiger partial charge in [-0.05, 0) is 211 Å². The topological polar surface area (TPSA) is 290 Å². The Balaban J connectivity index is 0.000000177. The molecule has 25 heteroatoms. The molecule has 0 aliphatic heterocycles. The maximum atomic E-state index is 12.3. The lowest BCUT2D eigenvalue weighted by Crippen LogP contribution is -2.17. The lowest BCUT2D eigenvalue weighted by atomic mass is 10.1. The number of halogens is 5. The van der Waals surface area contributed by atoms with Gasteiger partial charge in [0, 0.05) is 66.8 Å². The van der Waals surface area contributed by atoms with Crippen molar-refractivity contribution in [3.05, 3.63) is 388 Å². The van der Waals surface area contributed by atoms with Crippen molar-refractivity contribution in [2.24, 2.45) is 20.4 Å². The summed E-state index contributed by atoms with van der Waals surface area (Å²) in [6, 6.07) is 79.1. The molecular weight excluding hydrogens is 1590 g/mol. The number of carbonyl (C=O) groups is 4. The van der Waals surface area contributed by atoms with Crippen molar-refractivity contribution < 1.29 is 52.8 Å². The molecule has 0 saturated heterocycles. The summed E-state index contributed by atoms with van der Waals surface area (Å²) in [4.78, 5) is 48.2. The molecule has 0 atom stereocenters. The predicted octanol–water partition coefficient (Wildman–Crippen LogP) is 17.4. The van der Waals surface area contributed by atoms with Gasteiger partial charge in [-0.2, -0.15) is 20.4 Å². The molecule has 0 saturated carbocycles. The Morgan fingerprint density at radius 3 is 1.03 bits per heavy atom. The number of hydrogen-bond acceptors (Lipinski definition) is 15. The maximum Gasteiger partial charge on any atom is 0.271 e. The number of benzene rings is 12. The van der Waals surface area contributed by atoms with Gasteiger partial charge in [0.15, 0.2) is 0 Å². The zero-order chi connectivity index (χ0) is 82.6. The number of nitrogens with one attached hydrogen (secondary N) is 4. The van der Waals surface area contributed by atoms with Gasteiger partial charge in [0.05, 0.1) is 49.8 Å². The van der Waals surface area contributed by atoms with Crippen molar-refractivity contribution >= 4 is 116 Å². The lowest BCUT2D eigenvalue weighted by Gasteiger charge is -2.02. The number of para-hydroxylation sites is 1. The smallest absolute Gasteiger partial charge is 0.271 e. The summed E-state index contributed by atoms with van der Waals surface area (Å²) in [7, 11) is -3.70. The summed E-state index contributed by atoms with van der Waals surface area (Å²) >= 11 is 29.0. The highest BCUT2D eigenvalue weighted by Gasteiger charge is 2.13. The fourth-order valence-corrected chi connectivity index (χ4v) is 11.0. The number of aryl methyl sites for hydroxylation is 1. The Morgan fingerprint density at radius 2 is 0.681 bits per heavy atom. The summed E-state index contributed by atoms with van der Waals surface area (Å²) < 4.78 is 30.1. The van der Waals surface area contributed by atoms with Crippen LogP contribution in [0.3, 0.4) is 0 Å². The van der Waals surface area contributed by atoms with Crippen LogP contribution in [-0.4, -0.2) is 83.9 Å². The van der Waals surface area contributed by atoms with E-state index in [1.165, 1.54) is 109 Å². The van der Waals surface area contributed by atoms with Crippen molar-refractivity contribution in [2.75, 3.05) is 6.61 Å². The summed E-state index contributed by atoms with van der Waals surface area (Å²) in [5, 5.41) is 56.6. The molecule has 116 heavy (non-hydrogen) atoms. The molecule has 12 aromatic carbocycles. The second-order valence-electron chi connectivity index (χ2n) is 24.1. The van der Waals surface area contributed by atoms with Crippen molar-refractivity contribution in [3.63, 3.8) is 0 Å². The fraction of sp³-hybridized carbons (Fsp3) is 0.0330. The first-order valence-electron chi connectivity index (χ1n) is 34.5. The van der Waals surface area contributed by atoms with E-state index in [4.69, 9.17) is 62.7 Å². The van der Waals surface area contributed by atoms with Crippen LogP contribution in [0.25, 0.3) is 0 Å². The van der Waals surface area contributed by atoms with Gasteiger partial charge in [0.2, 0.25) is 9.84 Å². The van der Waals surface area contributed by atoms with E-state index in [1.807, 2.05) is 140 Å². The van der Waals surface area contributed by atoms with Gasteiger partial charge in [-0.3, -0.25) is 19.2 Å². The molecule has 0 aromatic heterocycles. The van der Waals surface area contributed by atoms with Gasteiger partial charge in [-0.1, -0.05) is 208 Å². The zero-order valence-corrected chi connectivity index (χ0v) is 65.6. The number of hydrogen-bond donors (Lipinski definition) is 8. The number of rotatable bonds is 16. The Hall–Kier alpha value is -14.2. The molecule has 19 nitrogen and oxygen atoms in total. The van der Waals surface area contributed by atoms with Gasteiger partial charge in [0.1, 0.15) is 35.4 Å². The maximum absolute atomic E-state index is 12.3. The molecular formula is C91H65Cl5N8O11S. The van der Waals surface area contributed by atoms with E-state index < -0.39 is 33.5 Å². The van der Waals surface area contributed by atoms with Crippen molar-refractivity contribution in [2.45, 2.75) is 18.2 Å². The lowest BCUT2D eigenvalue weighted by molar-refractivity contribution is 0.0947. The zero-order valence-electron chi connectivity index (χ0n) is 61.0. The number of hydrazone groups is 4. The highest BCUT2D eigenvalue weighted by molar-refractivity contribution is 7.96. The third kappa shape index (κ3) is 28.9. The Morgan fingerprint density at radius 1 is 0.371 bits per heavy atom. The summed E-state index contributed by atoms with van der Waals surface area (Å²) in [5.74, 6) is 19.7. The number of ether oxygens (including phenoxy) is 1. The minimum Gasteiger partial charge on any atom is -0.506 e. The van der Waals surface area contributed by atoms with Crippen LogP contribution in [0, 0.1) is 53.6 Å². The molecule has 0 bridgehead atoms. The Labute approximate surface area is 694 Å². The van der Waals surface area contributed by atoms with E-state index in [9.17, 15) is 48.0 Å². The van der Waals surface area contributed by atoms with Crippen molar-refractivity contribution in [1.82, 2.24) is 21.7 Å². The SMILES string of the molecule is Cc1ccc(S(=O)(=O)C#Cc2ccc(/C=N/NC(=O)c3ccc(O)c(Cl)c3)cc2)cc1.O=C(N/N=C/c1ccc(C#CCOc2ccccc2)cc1)c1ccc(O)c(Cl)c1.O=C(N/N=C/c1ccc(C#CCc2ccccc2)cc1)c1ccc(O)c(Cl)c1.O=C(N/N=C/c1ccc(C#Cc2ccc(Cl)cc2)cc1)c1ccc(O)c(Cl)c1. The molecule has 0 spiro atoms. The molecule has 0 unspecified atom stereocenters. The molecule has 0 heterocycles. The van der Waals surface area contributed by atoms with Crippen molar-refractivity contribution in [1.29, 1.82) is 0 Å². The van der Waals surface area contributed by atoms with E-state index in [-0.39, 0.29) is 53.5 Å².